The van der Waals surface area contributed by atoms with Gasteiger partial charge in [0.15, 0.2) is 21.5 Å². The molecule has 1 N–H and O–H groups in total. The van der Waals surface area contributed by atoms with Crippen molar-refractivity contribution in [2.24, 2.45) is 0 Å². The van der Waals surface area contributed by atoms with E-state index in [1.807, 2.05) is 0 Å². The molecule has 5 nitrogen and oxygen atoms in total. The van der Waals surface area contributed by atoms with Gasteiger partial charge in [0, 0.05) is 6.04 Å². The first-order valence-corrected chi connectivity index (χ1v) is 9.15. The summed E-state index contributed by atoms with van der Waals surface area (Å²) >= 11 is 0. The Kier molecular flexibility index (Phi) is 5.36. The van der Waals surface area contributed by atoms with Crippen molar-refractivity contribution in [3.63, 3.8) is 0 Å². The number of rotatable bonds is 5. The Hall–Kier alpha value is -1.54. The molecule has 1 amide bonds. The number of amides is 1. The van der Waals surface area contributed by atoms with Gasteiger partial charge in [-0.2, -0.15) is 0 Å². The van der Waals surface area contributed by atoms with Gasteiger partial charge in [0.1, 0.15) is 0 Å². The van der Waals surface area contributed by atoms with Crippen LogP contribution in [0.4, 0.5) is 8.78 Å². The number of carbonyl (C=O) groups excluding carboxylic acids is 1. The number of benzene rings is 1. The Morgan fingerprint density at radius 3 is 2.65 bits per heavy atom. The number of nitrogens with zero attached hydrogens (tertiary/aromatic N) is 1. The van der Waals surface area contributed by atoms with Crippen molar-refractivity contribution in [2.75, 3.05) is 25.1 Å². The molecule has 8 heteroatoms. The van der Waals surface area contributed by atoms with Crippen LogP contribution in [0.25, 0.3) is 0 Å². The summed E-state index contributed by atoms with van der Waals surface area (Å²) in [6.07, 6.45) is 0.519. The lowest BCUT2D eigenvalue weighted by molar-refractivity contribution is -0.123. The van der Waals surface area contributed by atoms with Gasteiger partial charge in [0.25, 0.3) is 0 Å². The van der Waals surface area contributed by atoms with Crippen LogP contribution in [0.2, 0.25) is 0 Å². The minimum Gasteiger partial charge on any atom is -0.348 e. The standard InChI is InChI=1S/C15H20F2N2O3S/c1-10(11-3-4-13(16)14(17)7-11)18-15(20)8-19(2)12-5-6-23(21,22)9-12/h3-4,7,10,12H,5-6,8-9H2,1-2H3,(H,18,20)/t10-,12+/m1/s1. The van der Waals surface area contributed by atoms with Crippen molar-refractivity contribution in [3.8, 4) is 0 Å². The molecule has 2 rings (SSSR count). The average molecular weight is 346 g/mol. The van der Waals surface area contributed by atoms with Crippen LogP contribution < -0.4 is 5.32 Å². The number of hydrogen-bond acceptors (Lipinski definition) is 4. The molecule has 1 aliphatic heterocycles. The summed E-state index contributed by atoms with van der Waals surface area (Å²) in [6, 6.07) is 2.84. The fourth-order valence-electron chi connectivity index (χ4n) is 2.63. The van der Waals surface area contributed by atoms with Crippen LogP contribution in [-0.2, 0) is 14.6 Å². The maximum atomic E-state index is 13.2. The quantitative estimate of drug-likeness (QED) is 0.872. The maximum Gasteiger partial charge on any atom is 0.234 e. The van der Waals surface area contributed by atoms with Gasteiger partial charge in [-0.1, -0.05) is 6.07 Å². The van der Waals surface area contributed by atoms with E-state index in [4.69, 9.17) is 0 Å². The van der Waals surface area contributed by atoms with Gasteiger partial charge in [0.2, 0.25) is 5.91 Å². The predicted octanol–water partition coefficient (Wildman–Crippen LogP) is 1.26. The lowest BCUT2D eigenvalue weighted by Crippen LogP contribution is -2.41. The first kappa shape index (κ1) is 17.8. The Bertz CT molecular complexity index is 694. The molecule has 0 radical (unpaired) electrons. The maximum absolute atomic E-state index is 13.2. The van der Waals surface area contributed by atoms with E-state index >= 15 is 0 Å². The summed E-state index contributed by atoms with van der Waals surface area (Å²) in [5.41, 5.74) is 0.461. The van der Waals surface area contributed by atoms with Gasteiger partial charge in [-0.3, -0.25) is 9.69 Å². The van der Waals surface area contributed by atoms with Crippen molar-refractivity contribution in [1.82, 2.24) is 10.2 Å². The highest BCUT2D eigenvalue weighted by atomic mass is 32.2. The third kappa shape index (κ3) is 4.71. The van der Waals surface area contributed by atoms with Gasteiger partial charge >= 0.3 is 0 Å². The van der Waals surface area contributed by atoms with E-state index in [-0.39, 0.29) is 30.0 Å². The lowest BCUT2D eigenvalue weighted by Gasteiger charge is -2.23. The van der Waals surface area contributed by atoms with Gasteiger partial charge in [-0.25, -0.2) is 17.2 Å². The highest BCUT2D eigenvalue weighted by Gasteiger charge is 2.31. The van der Waals surface area contributed by atoms with Crippen LogP contribution in [0.3, 0.4) is 0 Å². The van der Waals surface area contributed by atoms with Gasteiger partial charge in [-0.15, -0.1) is 0 Å². The Labute approximate surface area is 134 Å². The largest absolute Gasteiger partial charge is 0.348 e. The smallest absolute Gasteiger partial charge is 0.234 e. The summed E-state index contributed by atoms with van der Waals surface area (Å²) < 4.78 is 49.0. The molecule has 0 bridgehead atoms. The molecule has 1 fully saturated rings. The number of sulfone groups is 1. The fourth-order valence-corrected chi connectivity index (χ4v) is 4.44. The topological polar surface area (TPSA) is 66.5 Å². The molecular weight excluding hydrogens is 326 g/mol. The van der Waals surface area contributed by atoms with E-state index < -0.39 is 27.5 Å². The van der Waals surface area contributed by atoms with Crippen molar-refractivity contribution >= 4 is 15.7 Å². The van der Waals surface area contributed by atoms with Crippen LogP contribution in [0.5, 0.6) is 0 Å². The summed E-state index contributed by atoms with van der Waals surface area (Å²) in [4.78, 5) is 13.7. The zero-order valence-corrected chi connectivity index (χ0v) is 13.9. The van der Waals surface area contributed by atoms with Crippen LogP contribution in [0.1, 0.15) is 24.9 Å². The van der Waals surface area contributed by atoms with Crippen molar-refractivity contribution in [2.45, 2.75) is 25.4 Å². The number of likely N-dealkylation sites (N-methyl/N-ethyl adjacent to an activating group) is 1. The normalized spacial score (nSPS) is 21.3. The summed E-state index contributed by atoms with van der Waals surface area (Å²) in [6.45, 7) is 1.72. The molecule has 1 aromatic carbocycles. The zero-order valence-electron chi connectivity index (χ0n) is 13.1. The Balaban J connectivity index is 1.90. The molecular formula is C15H20F2N2O3S. The minimum atomic E-state index is -3.00. The second-order valence-electron chi connectivity index (χ2n) is 5.93. The van der Waals surface area contributed by atoms with Crippen LogP contribution in [0.15, 0.2) is 18.2 Å². The second-order valence-corrected chi connectivity index (χ2v) is 8.16. The van der Waals surface area contributed by atoms with Crippen LogP contribution >= 0.6 is 0 Å². The number of halogens is 2. The van der Waals surface area contributed by atoms with E-state index in [1.54, 1.807) is 18.9 Å². The summed E-state index contributed by atoms with van der Waals surface area (Å²) in [5.74, 6) is -1.98. The van der Waals surface area contributed by atoms with Gasteiger partial charge < -0.3 is 5.32 Å². The van der Waals surface area contributed by atoms with Gasteiger partial charge in [0.05, 0.1) is 24.1 Å². The van der Waals surface area contributed by atoms with E-state index in [2.05, 4.69) is 5.32 Å². The number of hydrogen-bond donors (Lipinski definition) is 1. The molecule has 0 aromatic heterocycles. The molecule has 0 spiro atoms. The highest BCUT2D eigenvalue weighted by molar-refractivity contribution is 7.91. The fraction of sp³-hybridized carbons (Fsp3) is 0.533. The van der Waals surface area contributed by atoms with Crippen LogP contribution in [-0.4, -0.2) is 50.4 Å². The first-order valence-electron chi connectivity index (χ1n) is 7.33. The average Bonchev–Trinajstić information content (AvgIpc) is 2.82. The van der Waals surface area contributed by atoms with Crippen molar-refractivity contribution in [3.05, 3.63) is 35.4 Å². The Morgan fingerprint density at radius 1 is 1.39 bits per heavy atom. The van der Waals surface area contributed by atoms with Gasteiger partial charge in [-0.05, 0) is 38.1 Å². The Morgan fingerprint density at radius 2 is 2.09 bits per heavy atom. The monoisotopic (exact) mass is 346 g/mol. The third-order valence-corrected chi connectivity index (χ3v) is 5.80. The van der Waals surface area contributed by atoms with E-state index in [0.29, 0.717) is 12.0 Å². The number of nitrogens with one attached hydrogen (secondary N) is 1. The first-order chi connectivity index (χ1) is 10.7. The van der Waals surface area contributed by atoms with E-state index in [1.165, 1.54) is 6.07 Å². The molecule has 1 aromatic rings. The molecule has 1 saturated heterocycles. The molecule has 0 unspecified atom stereocenters. The highest BCUT2D eigenvalue weighted by Crippen LogP contribution is 2.17. The molecule has 2 atom stereocenters. The second kappa shape index (κ2) is 6.92. The molecule has 0 saturated carbocycles. The number of carbonyl (C=O) groups is 1. The van der Waals surface area contributed by atoms with Crippen molar-refractivity contribution < 1.29 is 22.0 Å². The summed E-state index contributed by atoms with van der Waals surface area (Å²) in [5, 5.41) is 2.70. The van der Waals surface area contributed by atoms with Crippen LogP contribution in [0, 0.1) is 11.6 Å². The molecule has 0 aliphatic carbocycles. The molecule has 23 heavy (non-hydrogen) atoms. The minimum absolute atomic E-state index is 0.0498. The molecule has 1 heterocycles. The molecule has 1 aliphatic rings. The predicted molar refractivity (Wildman–Crippen MR) is 82.6 cm³/mol. The SMILES string of the molecule is C[C@@H](NC(=O)CN(C)[C@H]1CCS(=O)(=O)C1)c1ccc(F)c(F)c1. The lowest BCUT2D eigenvalue weighted by atomic mass is 10.1. The van der Waals surface area contributed by atoms with Crippen molar-refractivity contribution in [1.29, 1.82) is 0 Å². The zero-order chi connectivity index (χ0) is 17.2. The van der Waals surface area contributed by atoms with E-state index in [0.717, 1.165) is 12.1 Å². The summed E-state index contributed by atoms with van der Waals surface area (Å²) in [7, 11) is -1.30. The third-order valence-electron chi connectivity index (χ3n) is 4.05. The van der Waals surface area contributed by atoms with E-state index in [9.17, 15) is 22.0 Å². The molecule has 128 valence electrons.